The van der Waals surface area contributed by atoms with Crippen LogP contribution in [0, 0.1) is 0 Å². The highest BCUT2D eigenvalue weighted by molar-refractivity contribution is 8.00. The number of halogens is 1. The van der Waals surface area contributed by atoms with Crippen molar-refractivity contribution >= 4 is 29.3 Å². The van der Waals surface area contributed by atoms with E-state index in [1.165, 1.54) is 11.8 Å². The molecule has 0 radical (unpaired) electrons. The van der Waals surface area contributed by atoms with E-state index in [2.05, 4.69) is 10.3 Å². The molecule has 100 valence electrons. The van der Waals surface area contributed by atoms with Crippen LogP contribution in [0.5, 0.6) is 0 Å². The maximum Gasteiger partial charge on any atom is 0.233 e. The summed E-state index contributed by atoms with van der Waals surface area (Å²) in [6.45, 7) is 3.10. The first-order chi connectivity index (χ1) is 8.65. The summed E-state index contributed by atoms with van der Waals surface area (Å²) in [7, 11) is 1.64. The summed E-state index contributed by atoms with van der Waals surface area (Å²) >= 11 is 7.34. The lowest BCUT2D eigenvalue weighted by molar-refractivity contribution is -0.120. The van der Waals surface area contributed by atoms with Crippen molar-refractivity contribution in [2.24, 2.45) is 0 Å². The molecule has 0 aliphatic heterocycles. The predicted molar refractivity (Wildman–Crippen MR) is 74.1 cm³/mol. The van der Waals surface area contributed by atoms with Gasteiger partial charge in [-0.05, 0) is 25.5 Å². The van der Waals surface area contributed by atoms with Crippen molar-refractivity contribution in [3.63, 3.8) is 0 Å². The SMILES string of the molecule is COCCCNC(=O)C(C)Sc1ncccc1Cl. The Labute approximate surface area is 116 Å². The number of amides is 1. The number of hydrogen-bond donors (Lipinski definition) is 1. The van der Waals surface area contributed by atoms with Crippen molar-refractivity contribution < 1.29 is 9.53 Å². The number of nitrogens with zero attached hydrogens (tertiary/aromatic N) is 1. The predicted octanol–water partition coefficient (Wildman–Crippen LogP) is 2.37. The smallest absolute Gasteiger partial charge is 0.233 e. The fourth-order valence-corrected chi connectivity index (χ4v) is 2.33. The number of carbonyl (C=O) groups is 1. The highest BCUT2D eigenvalue weighted by atomic mass is 35.5. The number of nitrogens with one attached hydrogen (secondary N) is 1. The third kappa shape index (κ3) is 5.25. The Morgan fingerprint density at radius 3 is 3.11 bits per heavy atom. The Bertz CT molecular complexity index is 390. The summed E-state index contributed by atoms with van der Waals surface area (Å²) in [5.74, 6) is -0.0159. The zero-order chi connectivity index (χ0) is 13.4. The molecule has 0 aliphatic carbocycles. The molecule has 0 saturated heterocycles. The molecule has 1 atom stereocenters. The Morgan fingerprint density at radius 1 is 1.67 bits per heavy atom. The third-order valence-corrected chi connectivity index (χ3v) is 3.74. The van der Waals surface area contributed by atoms with E-state index in [0.29, 0.717) is 23.2 Å². The van der Waals surface area contributed by atoms with Crippen LogP contribution >= 0.6 is 23.4 Å². The topological polar surface area (TPSA) is 51.2 Å². The first kappa shape index (κ1) is 15.3. The van der Waals surface area contributed by atoms with Crippen LogP contribution in [0.1, 0.15) is 13.3 Å². The minimum atomic E-state index is -0.222. The Morgan fingerprint density at radius 2 is 2.44 bits per heavy atom. The summed E-state index contributed by atoms with van der Waals surface area (Å²) in [6.07, 6.45) is 2.47. The van der Waals surface area contributed by atoms with Gasteiger partial charge < -0.3 is 10.1 Å². The molecule has 1 aromatic heterocycles. The molecule has 6 heteroatoms. The Hall–Kier alpha value is -0.780. The average molecular weight is 289 g/mol. The number of pyridine rings is 1. The van der Waals surface area contributed by atoms with Crippen LogP contribution in [0.3, 0.4) is 0 Å². The van der Waals surface area contributed by atoms with Crippen LogP contribution in [-0.4, -0.2) is 36.4 Å². The number of methoxy groups -OCH3 is 1. The summed E-state index contributed by atoms with van der Waals surface area (Å²) in [4.78, 5) is 15.9. The molecule has 0 saturated carbocycles. The summed E-state index contributed by atoms with van der Waals surface area (Å²) in [5.41, 5.74) is 0. The molecule has 0 fully saturated rings. The standard InChI is InChI=1S/C12H17ClN2O2S/c1-9(11(16)14-7-4-8-17-2)18-12-10(13)5-3-6-15-12/h3,5-6,9H,4,7-8H2,1-2H3,(H,14,16). The quantitative estimate of drug-likeness (QED) is 0.618. The second-order valence-electron chi connectivity index (χ2n) is 3.69. The van der Waals surface area contributed by atoms with E-state index in [-0.39, 0.29) is 11.2 Å². The Kier molecular flexibility index (Phi) is 7.08. The van der Waals surface area contributed by atoms with Crippen molar-refractivity contribution in [1.82, 2.24) is 10.3 Å². The molecule has 1 aromatic rings. The molecule has 18 heavy (non-hydrogen) atoms. The molecule has 4 nitrogen and oxygen atoms in total. The van der Waals surface area contributed by atoms with E-state index >= 15 is 0 Å². The number of aromatic nitrogens is 1. The molecule has 0 bridgehead atoms. The molecule has 0 aliphatic rings. The van der Waals surface area contributed by atoms with E-state index in [4.69, 9.17) is 16.3 Å². The van der Waals surface area contributed by atoms with Crippen molar-refractivity contribution in [2.75, 3.05) is 20.3 Å². The van der Waals surface area contributed by atoms with Crippen LogP contribution in [0.2, 0.25) is 5.02 Å². The van der Waals surface area contributed by atoms with Crippen LogP contribution in [0.15, 0.2) is 23.4 Å². The first-order valence-corrected chi connectivity index (χ1v) is 6.94. The summed E-state index contributed by atoms with van der Waals surface area (Å²) < 4.78 is 4.91. The molecule has 1 amide bonds. The molecule has 1 N–H and O–H groups in total. The van der Waals surface area contributed by atoms with E-state index in [0.717, 1.165) is 6.42 Å². The maximum absolute atomic E-state index is 11.8. The number of ether oxygens (including phenoxy) is 1. The molecule has 1 unspecified atom stereocenters. The third-order valence-electron chi connectivity index (χ3n) is 2.21. The maximum atomic E-state index is 11.8. The van der Waals surface area contributed by atoms with Crippen LogP contribution in [0.25, 0.3) is 0 Å². The van der Waals surface area contributed by atoms with Crippen molar-refractivity contribution in [2.45, 2.75) is 23.6 Å². The minimum absolute atomic E-state index is 0.0159. The van der Waals surface area contributed by atoms with E-state index in [1.807, 2.05) is 6.92 Å². The van der Waals surface area contributed by atoms with Gasteiger partial charge >= 0.3 is 0 Å². The average Bonchev–Trinajstić information content (AvgIpc) is 2.37. The highest BCUT2D eigenvalue weighted by Crippen LogP contribution is 2.27. The van der Waals surface area contributed by atoms with Gasteiger partial charge in [-0.15, -0.1) is 0 Å². The van der Waals surface area contributed by atoms with Gasteiger partial charge in [0.25, 0.3) is 0 Å². The van der Waals surface area contributed by atoms with Gasteiger partial charge in [0.2, 0.25) is 5.91 Å². The second kappa shape index (κ2) is 8.34. The van der Waals surface area contributed by atoms with Gasteiger partial charge in [0.1, 0.15) is 5.03 Å². The molecular formula is C12H17ClN2O2S. The van der Waals surface area contributed by atoms with Crippen molar-refractivity contribution in [1.29, 1.82) is 0 Å². The van der Waals surface area contributed by atoms with E-state index in [9.17, 15) is 4.79 Å². The van der Waals surface area contributed by atoms with Crippen LogP contribution in [-0.2, 0) is 9.53 Å². The van der Waals surface area contributed by atoms with Gasteiger partial charge in [-0.1, -0.05) is 23.4 Å². The fraction of sp³-hybridized carbons (Fsp3) is 0.500. The van der Waals surface area contributed by atoms with Gasteiger partial charge in [0.05, 0.1) is 10.3 Å². The number of hydrogen-bond acceptors (Lipinski definition) is 4. The number of rotatable bonds is 7. The van der Waals surface area contributed by atoms with Gasteiger partial charge in [0, 0.05) is 26.5 Å². The van der Waals surface area contributed by atoms with Gasteiger partial charge in [-0.3, -0.25) is 4.79 Å². The monoisotopic (exact) mass is 288 g/mol. The fourth-order valence-electron chi connectivity index (χ4n) is 1.25. The number of carbonyl (C=O) groups excluding carboxylic acids is 1. The van der Waals surface area contributed by atoms with Gasteiger partial charge in [-0.2, -0.15) is 0 Å². The lowest BCUT2D eigenvalue weighted by Gasteiger charge is -2.11. The normalized spacial score (nSPS) is 12.2. The summed E-state index contributed by atoms with van der Waals surface area (Å²) in [6, 6.07) is 3.53. The van der Waals surface area contributed by atoms with Crippen molar-refractivity contribution in [3.8, 4) is 0 Å². The van der Waals surface area contributed by atoms with Gasteiger partial charge in [-0.25, -0.2) is 4.98 Å². The molecular weight excluding hydrogens is 272 g/mol. The van der Waals surface area contributed by atoms with Gasteiger partial charge in [0.15, 0.2) is 0 Å². The molecule has 1 rings (SSSR count). The largest absolute Gasteiger partial charge is 0.385 e. The van der Waals surface area contributed by atoms with Crippen LogP contribution < -0.4 is 5.32 Å². The van der Waals surface area contributed by atoms with Crippen molar-refractivity contribution in [3.05, 3.63) is 23.4 Å². The Balaban J connectivity index is 2.38. The molecule has 0 aromatic carbocycles. The highest BCUT2D eigenvalue weighted by Gasteiger charge is 2.15. The van der Waals surface area contributed by atoms with Crippen LogP contribution in [0.4, 0.5) is 0 Å². The van der Waals surface area contributed by atoms with E-state index in [1.54, 1.807) is 25.4 Å². The number of thioether (sulfide) groups is 1. The minimum Gasteiger partial charge on any atom is -0.385 e. The molecule has 0 spiro atoms. The van der Waals surface area contributed by atoms with E-state index < -0.39 is 0 Å². The molecule has 1 heterocycles. The summed E-state index contributed by atoms with van der Waals surface area (Å²) in [5, 5.41) is 3.87. The first-order valence-electron chi connectivity index (χ1n) is 5.69. The zero-order valence-electron chi connectivity index (χ0n) is 10.5. The lowest BCUT2D eigenvalue weighted by Crippen LogP contribution is -2.32. The zero-order valence-corrected chi connectivity index (χ0v) is 12.1. The lowest BCUT2D eigenvalue weighted by atomic mass is 10.4. The second-order valence-corrected chi connectivity index (χ2v) is 5.42.